The van der Waals surface area contributed by atoms with Gasteiger partial charge in [0.05, 0.1) is 11.0 Å². The predicted molar refractivity (Wildman–Crippen MR) is 130 cm³/mol. The number of fused-ring (bicyclic) bond motifs is 1. The van der Waals surface area contributed by atoms with Gasteiger partial charge in [0, 0.05) is 5.56 Å². The minimum atomic E-state index is -0.854. The monoisotopic (exact) mass is 447 g/mol. The van der Waals surface area contributed by atoms with E-state index in [1.165, 1.54) is 12.8 Å². The van der Waals surface area contributed by atoms with E-state index in [1.54, 1.807) is 19.1 Å². The highest BCUT2D eigenvalue weighted by Gasteiger charge is 2.53. The maximum absolute atomic E-state index is 14.7. The Morgan fingerprint density at radius 2 is 1.58 bits per heavy atom. The molecule has 3 aromatic rings. The number of aryl methyl sites for hydroxylation is 1. The van der Waals surface area contributed by atoms with E-state index in [4.69, 9.17) is 10.7 Å². The number of carbonyl (C=O) groups is 1. The van der Waals surface area contributed by atoms with Gasteiger partial charge in [0.2, 0.25) is 5.91 Å². The Balaban J connectivity index is 1.83. The largest absolute Gasteiger partial charge is 0.368 e. The van der Waals surface area contributed by atoms with Gasteiger partial charge in [-0.25, -0.2) is 9.37 Å². The summed E-state index contributed by atoms with van der Waals surface area (Å²) in [6, 6.07) is 13.2. The maximum Gasteiger partial charge on any atom is 0.244 e. The van der Waals surface area contributed by atoms with E-state index in [-0.39, 0.29) is 23.6 Å². The molecule has 0 unspecified atom stereocenters. The summed E-state index contributed by atoms with van der Waals surface area (Å²) in [5.74, 6) is 0.478. The summed E-state index contributed by atoms with van der Waals surface area (Å²) in [5, 5.41) is 0. The summed E-state index contributed by atoms with van der Waals surface area (Å²) in [6.45, 7) is 1.76. The van der Waals surface area contributed by atoms with Gasteiger partial charge in [0.1, 0.15) is 17.2 Å². The van der Waals surface area contributed by atoms with Crippen molar-refractivity contribution in [2.45, 2.75) is 76.7 Å². The summed E-state index contributed by atoms with van der Waals surface area (Å²) >= 11 is 0. The topological polar surface area (TPSA) is 60.9 Å². The molecule has 2 N–H and O–H groups in total. The number of benzene rings is 2. The summed E-state index contributed by atoms with van der Waals surface area (Å²) in [5.41, 5.74) is 8.65. The molecule has 0 spiro atoms. The first kappa shape index (κ1) is 22.1. The number of nitrogens with two attached hydrogens (primary N) is 1. The molecule has 2 aromatic carbocycles. The van der Waals surface area contributed by atoms with Gasteiger partial charge in [0.25, 0.3) is 0 Å². The average Bonchev–Trinajstić information content (AvgIpc) is 3.22. The second kappa shape index (κ2) is 8.92. The van der Waals surface area contributed by atoms with Crippen LogP contribution in [0.15, 0.2) is 42.5 Å². The van der Waals surface area contributed by atoms with Crippen LogP contribution in [0.4, 0.5) is 4.39 Å². The van der Waals surface area contributed by atoms with Gasteiger partial charge in [-0.1, -0.05) is 62.8 Å². The molecule has 2 aliphatic carbocycles. The molecule has 5 rings (SSSR count). The summed E-state index contributed by atoms with van der Waals surface area (Å²) in [7, 11) is 0. The number of hydrogen-bond donors (Lipinski definition) is 1. The van der Waals surface area contributed by atoms with Gasteiger partial charge in [-0.15, -0.1) is 0 Å². The highest BCUT2D eigenvalue weighted by atomic mass is 19.1. The number of imidazole rings is 1. The van der Waals surface area contributed by atoms with Crippen LogP contribution >= 0.6 is 0 Å². The lowest BCUT2D eigenvalue weighted by atomic mass is 9.63. The first-order valence-electron chi connectivity index (χ1n) is 12.6. The van der Waals surface area contributed by atoms with Gasteiger partial charge in [-0.2, -0.15) is 0 Å². The number of para-hydroxylation sites is 2. The highest BCUT2D eigenvalue weighted by molar-refractivity contribution is 5.89. The van der Waals surface area contributed by atoms with Crippen LogP contribution < -0.4 is 5.73 Å². The standard InChI is InChI=1S/C28H34FN3O/c1-19-16-17-20(18-23(19)29)26-31-24-14-8-9-15-25(24)32(26)28(27(30)33,21-10-4-2-5-11-21)22-12-6-3-7-13-22/h8-9,14-18,21-22H,2-7,10-13H2,1H3,(H2,30,33). The van der Waals surface area contributed by atoms with Crippen LogP contribution in [0.3, 0.4) is 0 Å². The Morgan fingerprint density at radius 3 is 2.15 bits per heavy atom. The van der Waals surface area contributed by atoms with Gasteiger partial charge < -0.3 is 10.3 Å². The van der Waals surface area contributed by atoms with Gasteiger partial charge in [-0.3, -0.25) is 4.79 Å². The molecule has 0 radical (unpaired) electrons. The van der Waals surface area contributed by atoms with Crippen molar-refractivity contribution in [2.24, 2.45) is 17.6 Å². The number of hydrogen-bond acceptors (Lipinski definition) is 2. The van der Waals surface area contributed by atoms with Crippen LogP contribution in [-0.4, -0.2) is 15.5 Å². The quantitative estimate of drug-likeness (QED) is 0.486. The second-order valence-corrected chi connectivity index (χ2v) is 10.1. The zero-order chi connectivity index (χ0) is 23.0. The molecule has 1 heterocycles. The third-order valence-corrected chi connectivity index (χ3v) is 8.21. The SMILES string of the molecule is Cc1ccc(-c2nc3ccccc3n2C(C(N)=O)(C2CCCCC2)C2CCCCC2)cc1F. The number of rotatable bonds is 5. The zero-order valence-corrected chi connectivity index (χ0v) is 19.5. The van der Waals surface area contributed by atoms with E-state index < -0.39 is 5.54 Å². The third-order valence-electron chi connectivity index (χ3n) is 8.21. The minimum Gasteiger partial charge on any atom is -0.368 e. The Labute approximate surface area is 195 Å². The predicted octanol–water partition coefficient (Wildman–Crippen LogP) is 6.49. The molecule has 0 atom stereocenters. The fourth-order valence-electron chi connectivity index (χ4n) is 6.62. The van der Waals surface area contributed by atoms with Crippen molar-refractivity contribution in [3.63, 3.8) is 0 Å². The number of primary amides is 1. The van der Waals surface area contributed by atoms with E-state index >= 15 is 0 Å². The Hall–Kier alpha value is -2.69. The molecule has 1 amide bonds. The van der Waals surface area contributed by atoms with Crippen LogP contribution in [-0.2, 0) is 10.3 Å². The highest BCUT2D eigenvalue weighted by Crippen LogP contribution is 2.50. The van der Waals surface area contributed by atoms with Gasteiger partial charge >= 0.3 is 0 Å². The molecule has 0 aliphatic heterocycles. The molecule has 4 nitrogen and oxygen atoms in total. The molecular formula is C28H34FN3O. The zero-order valence-electron chi connectivity index (χ0n) is 19.5. The third kappa shape index (κ3) is 3.66. The molecule has 0 bridgehead atoms. The van der Waals surface area contributed by atoms with E-state index in [9.17, 15) is 9.18 Å². The molecule has 2 saturated carbocycles. The molecule has 1 aromatic heterocycles. The fourth-order valence-corrected chi connectivity index (χ4v) is 6.62. The van der Waals surface area contributed by atoms with Crippen molar-refractivity contribution in [3.8, 4) is 11.4 Å². The number of carbonyl (C=O) groups excluding carboxylic acids is 1. The van der Waals surface area contributed by atoms with E-state index in [2.05, 4.69) is 4.57 Å². The molecule has 0 saturated heterocycles. The summed E-state index contributed by atoms with van der Waals surface area (Å²) in [6.07, 6.45) is 10.9. The van der Waals surface area contributed by atoms with Crippen LogP contribution in [0.1, 0.15) is 69.8 Å². The van der Waals surface area contributed by atoms with E-state index in [0.29, 0.717) is 17.0 Å². The van der Waals surface area contributed by atoms with Crippen molar-refractivity contribution in [2.75, 3.05) is 0 Å². The number of halogens is 1. The van der Waals surface area contributed by atoms with Crippen molar-refractivity contribution >= 4 is 16.9 Å². The Kier molecular flexibility index (Phi) is 5.98. The first-order chi connectivity index (χ1) is 16.0. The van der Waals surface area contributed by atoms with Crippen molar-refractivity contribution < 1.29 is 9.18 Å². The normalized spacial score (nSPS) is 18.6. The molecule has 2 aliphatic rings. The number of nitrogens with zero attached hydrogens (tertiary/aromatic N) is 2. The van der Waals surface area contributed by atoms with Crippen LogP contribution in [0.25, 0.3) is 22.4 Å². The minimum absolute atomic E-state index is 0.165. The fraction of sp³-hybridized carbons (Fsp3) is 0.500. The lowest BCUT2D eigenvalue weighted by Crippen LogP contribution is -2.58. The molecule has 174 valence electrons. The van der Waals surface area contributed by atoms with E-state index in [0.717, 1.165) is 62.4 Å². The Bertz CT molecular complexity index is 1140. The van der Waals surface area contributed by atoms with Crippen LogP contribution in [0.2, 0.25) is 0 Å². The van der Waals surface area contributed by atoms with Crippen molar-refractivity contribution in [1.82, 2.24) is 9.55 Å². The maximum atomic E-state index is 14.7. The smallest absolute Gasteiger partial charge is 0.244 e. The Morgan fingerprint density at radius 1 is 0.970 bits per heavy atom. The van der Waals surface area contributed by atoms with Crippen LogP contribution in [0.5, 0.6) is 0 Å². The van der Waals surface area contributed by atoms with Crippen molar-refractivity contribution in [1.29, 1.82) is 0 Å². The second-order valence-electron chi connectivity index (χ2n) is 10.1. The van der Waals surface area contributed by atoms with E-state index in [1.807, 2.05) is 30.3 Å². The molecular weight excluding hydrogens is 413 g/mol. The van der Waals surface area contributed by atoms with Crippen LogP contribution in [0, 0.1) is 24.6 Å². The lowest BCUT2D eigenvalue weighted by molar-refractivity contribution is -0.135. The molecule has 2 fully saturated rings. The van der Waals surface area contributed by atoms with Gasteiger partial charge in [-0.05, 0) is 68.2 Å². The molecule has 33 heavy (non-hydrogen) atoms. The first-order valence-corrected chi connectivity index (χ1v) is 12.6. The lowest BCUT2D eigenvalue weighted by Gasteiger charge is -2.48. The summed E-state index contributed by atoms with van der Waals surface area (Å²) in [4.78, 5) is 18.7. The average molecular weight is 448 g/mol. The van der Waals surface area contributed by atoms with Gasteiger partial charge in [0.15, 0.2) is 0 Å². The summed E-state index contributed by atoms with van der Waals surface area (Å²) < 4.78 is 16.8. The number of aromatic nitrogens is 2. The van der Waals surface area contributed by atoms with Crippen molar-refractivity contribution in [3.05, 3.63) is 53.8 Å². The number of amides is 1. The molecule has 5 heteroatoms.